The van der Waals surface area contributed by atoms with Gasteiger partial charge in [0.15, 0.2) is 9.84 Å². The summed E-state index contributed by atoms with van der Waals surface area (Å²) in [6.45, 7) is 4.89. The van der Waals surface area contributed by atoms with Gasteiger partial charge in [0.2, 0.25) is 11.8 Å². The third-order valence-electron chi connectivity index (χ3n) is 2.83. The van der Waals surface area contributed by atoms with Gasteiger partial charge in [-0.25, -0.2) is 8.42 Å². The van der Waals surface area contributed by atoms with E-state index in [1.165, 1.54) is 0 Å². The SMILES string of the molecule is CCS(=O)(=O)CCN1C(=O)CNC(C)(C)C1=O. The third-order valence-corrected chi connectivity index (χ3v) is 4.51. The lowest BCUT2D eigenvalue weighted by Gasteiger charge is -2.36. The molecule has 6 nitrogen and oxygen atoms in total. The van der Waals surface area contributed by atoms with Crippen LogP contribution in [-0.2, 0) is 19.4 Å². The summed E-state index contributed by atoms with van der Waals surface area (Å²) in [5.41, 5.74) is -0.816. The molecule has 17 heavy (non-hydrogen) atoms. The maximum Gasteiger partial charge on any atom is 0.248 e. The zero-order chi connectivity index (χ0) is 13.3. The molecule has 0 spiro atoms. The minimum atomic E-state index is -3.17. The van der Waals surface area contributed by atoms with Crippen LogP contribution in [-0.4, -0.2) is 55.3 Å². The van der Waals surface area contributed by atoms with Gasteiger partial charge in [-0.15, -0.1) is 0 Å². The molecule has 0 radical (unpaired) electrons. The predicted octanol–water partition coefficient (Wildman–Crippen LogP) is -0.842. The maximum atomic E-state index is 11.9. The second-order valence-corrected chi connectivity index (χ2v) is 7.04. The van der Waals surface area contributed by atoms with E-state index in [1.54, 1.807) is 20.8 Å². The first-order valence-electron chi connectivity index (χ1n) is 5.50. The quantitative estimate of drug-likeness (QED) is 0.668. The molecule has 98 valence electrons. The van der Waals surface area contributed by atoms with Crippen LogP contribution in [0.3, 0.4) is 0 Å². The minimum absolute atomic E-state index is 0.0187. The third kappa shape index (κ3) is 3.26. The molecule has 0 aromatic carbocycles. The van der Waals surface area contributed by atoms with Crippen molar-refractivity contribution in [2.45, 2.75) is 26.3 Å². The molecule has 0 aromatic heterocycles. The average molecular weight is 262 g/mol. The zero-order valence-electron chi connectivity index (χ0n) is 10.3. The van der Waals surface area contributed by atoms with Crippen LogP contribution in [0.15, 0.2) is 0 Å². The number of nitrogens with one attached hydrogen (secondary N) is 1. The Labute approximate surface area is 101 Å². The Morgan fingerprint density at radius 2 is 1.94 bits per heavy atom. The van der Waals surface area contributed by atoms with Gasteiger partial charge in [0.1, 0.15) is 0 Å². The Morgan fingerprint density at radius 3 is 2.47 bits per heavy atom. The van der Waals surface area contributed by atoms with Crippen molar-refractivity contribution in [3.63, 3.8) is 0 Å². The number of carbonyl (C=O) groups is 2. The number of hydrogen-bond donors (Lipinski definition) is 1. The van der Waals surface area contributed by atoms with Crippen molar-refractivity contribution in [1.82, 2.24) is 10.2 Å². The Balaban J connectivity index is 2.75. The van der Waals surface area contributed by atoms with Crippen LogP contribution in [0.2, 0.25) is 0 Å². The number of hydrogen-bond acceptors (Lipinski definition) is 5. The number of rotatable bonds is 4. The van der Waals surface area contributed by atoms with Crippen LogP contribution in [0, 0.1) is 0 Å². The number of amides is 2. The fraction of sp³-hybridized carbons (Fsp3) is 0.800. The molecule has 1 aliphatic rings. The Bertz CT molecular complexity index is 428. The Kier molecular flexibility index (Phi) is 3.93. The highest BCUT2D eigenvalue weighted by molar-refractivity contribution is 7.91. The number of sulfone groups is 1. The second kappa shape index (κ2) is 4.73. The minimum Gasteiger partial charge on any atom is -0.295 e. The smallest absolute Gasteiger partial charge is 0.248 e. The van der Waals surface area contributed by atoms with Crippen molar-refractivity contribution in [3.8, 4) is 0 Å². The highest BCUT2D eigenvalue weighted by Crippen LogP contribution is 2.13. The normalized spacial score (nSPS) is 20.8. The van der Waals surface area contributed by atoms with Crippen molar-refractivity contribution >= 4 is 21.7 Å². The van der Waals surface area contributed by atoms with E-state index in [-0.39, 0.29) is 36.4 Å². The van der Waals surface area contributed by atoms with E-state index in [2.05, 4.69) is 5.32 Å². The maximum absolute atomic E-state index is 11.9. The summed E-state index contributed by atoms with van der Waals surface area (Å²) in [7, 11) is -3.17. The lowest BCUT2D eigenvalue weighted by Crippen LogP contribution is -2.64. The summed E-state index contributed by atoms with van der Waals surface area (Å²) in [5, 5.41) is 2.81. The van der Waals surface area contributed by atoms with Gasteiger partial charge in [-0.05, 0) is 13.8 Å². The standard InChI is InChI=1S/C10H18N2O4S/c1-4-17(15,16)6-5-12-8(13)7-11-10(2,3)9(12)14/h11H,4-7H2,1-3H3. The van der Waals surface area contributed by atoms with Crippen LogP contribution in [0.4, 0.5) is 0 Å². The number of piperazine rings is 1. The molecule has 2 amide bonds. The first kappa shape index (κ1) is 14.1. The van der Waals surface area contributed by atoms with Crippen LogP contribution in [0.1, 0.15) is 20.8 Å². The summed E-state index contributed by atoms with van der Waals surface area (Å²) in [5.74, 6) is -0.900. The van der Waals surface area contributed by atoms with E-state index in [4.69, 9.17) is 0 Å². The fourth-order valence-corrected chi connectivity index (χ4v) is 2.27. The molecule has 1 N–H and O–H groups in total. The Hall–Kier alpha value is -0.950. The largest absolute Gasteiger partial charge is 0.295 e. The van der Waals surface area contributed by atoms with Crippen LogP contribution in [0.5, 0.6) is 0 Å². The fourth-order valence-electron chi connectivity index (χ4n) is 1.52. The van der Waals surface area contributed by atoms with E-state index in [9.17, 15) is 18.0 Å². The van der Waals surface area contributed by atoms with E-state index >= 15 is 0 Å². The van der Waals surface area contributed by atoms with Crippen molar-refractivity contribution in [2.75, 3.05) is 24.6 Å². The molecule has 0 atom stereocenters. The number of imide groups is 1. The monoisotopic (exact) mass is 262 g/mol. The molecular formula is C10H18N2O4S. The highest BCUT2D eigenvalue weighted by atomic mass is 32.2. The lowest BCUT2D eigenvalue weighted by molar-refractivity contribution is -0.152. The summed E-state index contributed by atoms with van der Waals surface area (Å²) in [4.78, 5) is 24.5. The lowest BCUT2D eigenvalue weighted by atomic mass is 10.0. The molecular weight excluding hydrogens is 244 g/mol. The van der Waals surface area contributed by atoms with E-state index in [0.717, 1.165) is 4.90 Å². The Morgan fingerprint density at radius 1 is 1.35 bits per heavy atom. The van der Waals surface area contributed by atoms with Gasteiger partial charge in [0.05, 0.1) is 17.8 Å². The van der Waals surface area contributed by atoms with Crippen molar-refractivity contribution in [2.24, 2.45) is 0 Å². The van der Waals surface area contributed by atoms with Crippen molar-refractivity contribution in [3.05, 3.63) is 0 Å². The first-order valence-corrected chi connectivity index (χ1v) is 7.32. The van der Waals surface area contributed by atoms with Gasteiger partial charge in [-0.3, -0.25) is 19.8 Å². The average Bonchev–Trinajstić information content (AvgIpc) is 2.24. The second-order valence-electron chi connectivity index (χ2n) is 4.57. The first-order chi connectivity index (χ1) is 7.69. The molecule has 7 heteroatoms. The molecule has 1 heterocycles. The van der Waals surface area contributed by atoms with Gasteiger partial charge in [0.25, 0.3) is 0 Å². The molecule has 1 saturated heterocycles. The van der Waals surface area contributed by atoms with Gasteiger partial charge in [-0.2, -0.15) is 0 Å². The topological polar surface area (TPSA) is 83.6 Å². The molecule has 0 saturated carbocycles. The summed E-state index contributed by atoms with van der Waals surface area (Å²) in [6, 6.07) is 0. The van der Waals surface area contributed by atoms with Gasteiger partial charge in [0, 0.05) is 12.3 Å². The predicted molar refractivity (Wildman–Crippen MR) is 63.1 cm³/mol. The van der Waals surface area contributed by atoms with Crippen LogP contribution in [0.25, 0.3) is 0 Å². The van der Waals surface area contributed by atoms with Crippen molar-refractivity contribution < 1.29 is 18.0 Å². The van der Waals surface area contributed by atoms with Crippen molar-refractivity contribution in [1.29, 1.82) is 0 Å². The van der Waals surface area contributed by atoms with Gasteiger partial charge in [-0.1, -0.05) is 6.92 Å². The van der Waals surface area contributed by atoms with Crippen LogP contribution < -0.4 is 5.32 Å². The summed E-state index contributed by atoms with van der Waals surface area (Å²) >= 11 is 0. The molecule has 1 aliphatic heterocycles. The molecule has 0 unspecified atom stereocenters. The summed E-state index contributed by atoms with van der Waals surface area (Å²) < 4.78 is 22.7. The molecule has 0 aliphatic carbocycles. The van der Waals surface area contributed by atoms with Gasteiger partial charge >= 0.3 is 0 Å². The van der Waals surface area contributed by atoms with Crippen LogP contribution >= 0.6 is 0 Å². The molecule has 1 rings (SSSR count). The number of carbonyl (C=O) groups excluding carboxylic acids is 2. The van der Waals surface area contributed by atoms with E-state index in [1.807, 2.05) is 0 Å². The highest BCUT2D eigenvalue weighted by Gasteiger charge is 2.39. The number of nitrogens with zero attached hydrogens (tertiary/aromatic N) is 1. The molecule has 0 aromatic rings. The molecule has 0 bridgehead atoms. The summed E-state index contributed by atoms with van der Waals surface area (Å²) in [6.07, 6.45) is 0. The molecule has 1 fully saturated rings. The zero-order valence-corrected chi connectivity index (χ0v) is 11.1. The van der Waals surface area contributed by atoms with E-state index in [0.29, 0.717) is 0 Å². The van der Waals surface area contributed by atoms with Gasteiger partial charge < -0.3 is 0 Å². The van der Waals surface area contributed by atoms with E-state index < -0.39 is 15.4 Å².